The van der Waals surface area contributed by atoms with Gasteiger partial charge in [0.25, 0.3) is 0 Å². The van der Waals surface area contributed by atoms with E-state index in [4.69, 9.17) is 9.47 Å². The van der Waals surface area contributed by atoms with Crippen molar-refractivity contribution in [2.24, 2.45) is 5.41 Å². The standard InChI is InChI=1S/C11H22N2O4/c1-11(2,10(15)12-3)8-13-9(14)7-17-6-5-16-4/h5-8H2,1-4H3,(H,12,15)(H,13,14). The van der Waals surface area contributed by atoms with Crippen molar-refractivity contribution in [2.75, 3.05) is 40.5 Å². The van der Waals surface area contributed by atoms with Crippen LogP contribution in [-0.2, 0) is 19.1 Å². The lowest BCUT2D eigenvalue weighted by molar-refractivity contribution is -0.130. The third kappa shape index (κ3) is 6.91. The van der Waals surface area contributed by atoms with Gasteiger partial charge in [0.05, 0.1) is 18.6 Å². The van der Waals surface area contributed by atoms with Crippen LogP contribution in [0.2, 0.25) is 0 Å². The Hall–Kier alpha value is -1.14. The minimum atomic E-state index is -0.628. The fraction of sp³-hybridized carbons (Fsp3) is 0.818. The first-order valence-electron chi connectivity index (χ1n) is 5.49. The Morgan fingerprint density at radius 3 is 2.41 bits per heavy atom. The Labute approximate surface area is 102 Å². The Bertz CT molecular complexity index is 254. The van der Waals surface area contributed by atoms with Gasteiger partial charge in [-0.25, -0.2) is 0 Å². The second-order valence-corrected chi connectivity index (χ2v) is 4.29. The average Bonchev–Trinajstić information content (AvgIpc) is 2.31. The third-order valence-corrected chi connectivity index (χ3v) is 2.23. The van der Waals surface area contributed by atoms with Crippen LogP contribution in [0.5, 0.6) is 0 Å². The molecule has 0 aliphatic rings. The maximum atomic E-state index is 11.4. The number of rotatable bonds is 8. The molecule has 6 heteroatoms. The summed E-state index contributed by atoms with van der Waals surface area (Å²) < 4.78 is 9.82. The van der Waals surface area contributed by atoms with E-state index in [2.05, 4.69) is 10.6 Å². The van der Waals surface area contributed by atoms with E-state index in [1.807, 2.05) is 0 Å². The van der Waals surface area contributed by atoms with E-state index in [0.717, 1.165) is 0 Å². The van der Waals surface area contributed by atoms with E-state index in [0.29, 0.717) is 13.2 Å². The summed E-state index contributed by atoms with van der Waals surface area (Å²) in [5, 5.41) is 5.20. The number of nitrogens with one attached hydrogen (secondary N) is 2. The summed E-state index contributed by atoms with van der Waals surface area (Å²) in [6.07, 6.45) is 0. The van der Waals surface area contributed by atoms with Gasteiger partial charge >= 0.3 is 0 Å². The number of ether oxygens (including phenoxy) is 2. The lowest BCUT2D eigenvalue weighted by atomic mass is 9.92. The molecule has 0 bridgehead atoms. The van der Waals surface area contributed by atoms with Gasteiger partial charge in [-0.1, -0.05) is 0 Å². The quantitative estimate of drug-likeness (QED) is 0.568. The van der Waals surface area contributed by atoms with E-state index in [1.165, 1.54) is 0 Å². The molecule has 0 fully saturated rings. The molecular weight excluding hydrogens is 224 g/mol. The molecule has 0 aliphatic carbocycles. The van der Waals surface area contributed by atoms with Crippen molar-refractivity contribution >= 4 is 11.8 Å². The molecule has 0 saturated heterocycles. The van der Waals surface area contributed by atoms with E-state index in [1.54, 1.807) is 28.0 Å². The molecule has 100 valence electrons. The summed E-state index contributed by atoms with van der Waals surface area (Å²) in [6.45, 7) is 4.61. The highest BCUT2D eigenvalue weighted by Gasteiger charge is 2.26. The van der Waals surface area contributed by atoms with Crippen LogP contribution >= 0.6 is 0 Å². The molecule has 2 N–H and O–H groups in total. The average molecular weight is 246 g/mol. The molecule has 0 aromatic carbocycles. The minimum absolute atomic E-state index is 0.0207. The first-order valence-corrected chi connectivity index (χ1v) is 5.49. The molecule has 0 aromatic heterocycles. The maximum absolute atomic E-state index is 11.4. The van der Waals surface area contributed by atoms with Gasteiger partial charge < -0.3 is 20.1 Å². The van der Waals surface area contributed by atoms with Crippen LogP contribution in [-0.4, -0.2) is 52.3 Å². The Morgan fingerprint density at radius 2 is 1.88 bits per heavy atom. The molecule has 0 atom stereocenters. The summed E-state index contributed by atoms with van der Waals surface area (Å²) in [4.78, 5) is 22.8. The number of amides is 2. The smallest absolute Gasteiger partial charge is 0.246 e. The maximum Gasteiger partial charge on any atom is 0.246 e. The summed E-state index contributed by atoms with van der Waals surface area (Å²) in [5.41, 5.74) is -0.628. The van der Waals surface area contributed by atoms with Crippen molar-refractivity contribution in [3.8, 4) is 0 Å². The van der Waals surface area contributed by atoms with Crippen LogP contribution in [0.4, 0.5) is 0 Å². The molecule has 0 aliphatic heterocycles. The van der Waals surface area contributed by atoms with Gasteiger partial charge in [-0.2, -0.15) is 0 Å². The van der Waals surface area contributed by atoms with Gasteiger partial charge in [0.2, 0.25) is 11.8 Å². The van der Waals surface area contributed by atoms with Crippen molar-refractivity contribution in [3.05, 3.63) is 0 Å². The molecule has 0 aromatic rings. The molecule has 6 nitrogen and oxygen atoms in total. The van der Waals surface area contributed by atoms with E-state index in [-0.39, 0.29) is 25.0 Å². The predicted octanol–water partition coefficient (Wildman–Crippen LogP) is -0.462. The molecule has 0 rings (SSSR count). The van der Waals surface area contributed by atoms with Gasteiger partial charge in [0, 0.05) is 20.7 Å². The fourth-order valence-electron chi connectivity index (χ4n) is 1.10. The first kappa shape index (κ1) is 15.9. The second-order valence-electron chi connectivity index (χ2n) is 4.29. The molecule has 17 heavy (non-hydrogen) atoms. The monoisotopic (exact) mass is 246 g/mol. The lowest BCUT2D eigenvalue weighted by Gasteiger charge is -2.22. The summed E-state index contributed by atoms with van der Waals surface area (Å²) in [7, 11) is 3.13. The number of hydrogen-bond donors (Lipinski definition) is 2. The van der Waals surface area contributed by atoms with E-state index in [9.17, 15) is 9.59 Å². The van der Waals surface area contributed by atoms with Crippen molar-refractivity contribution in [1.29, 1.82) is 0 Å². The van der Waals surface area contributed by atoms with Crippen LogP contribution in [0, 0.1) is 5.41 Å². The largest absolute Gasteiger partial charge is 0.382 e. The summed E-state index contributed by atoms with van der Waals surface area (Å²) in [5.74, 6) is -0.351. The van der Waals surface area contributed by atoms with Crippen LogP contribution in [0.15, 0.2) is 0 Å². The van der Waals surface area contributed by atoms with Crippen molar-refractivity contribution in [3.63, 3.8) is 0 Å². The fourth-order valence-corrected chi connectivity index (χ4v) is 1.10. The zero-order chi connectivity index (χ0) is 13.3. The van der Waals surface area contributed by atoms with Gasteiger partial charge in [-0.15, -0.1) is 0 Å². The highest BCUT2D eigenvalue weighted by molar-refractivity contribution is 5.83. The van der Waals surface area contributed by atoms with Gasteiger partial charge in [0.1, 0.15) is 6.61 Å². The Balaban J connectivity index is 3.79. The molecule has 0 heterocycles. The minimum Gasteiger partial charge on any atom is -0.382 e. The van der Waals surface area contributed by atoms with Gasteiger partial charge in [-0.05, 0) is 13.8 Å². The number of carbonyl (C=O) groups excluding carboxylic acids is 2. The van der Waals surface area contributed by atoms with Gasteiger partial charge in [0.15, 0.2) is 0 Å². The predicted molar refractivity (Wildman–Crippen MR) is 63.6 cm³/mol. The second kappa shape index (κ2) is 8.03. The van der Waals surface area contributed by atoms with Crippen molar-refractivity contribution in [2.45, 2.75) is 13.8 Å². The van der Waals surface area contributed by atoms with Crippen LogP contribution in [0.25, 0.3) is 0 Å². The first-order chi connectivity index (χ1) is 7.94. The van der Waals surface area contributed by atoms with Gasteiger partial charge in [-0.3, -0.25) is 9.59 Å². The van der Waals surface area contributed by atoms with Crippen molar-refractivity contribution in [1.82, 2.24) is 10.6 Å². The normalized spacial score (nSPS) is 11.1. The summed E-state index contributed by atoms with van der Waals surface area (Å²) in [6, 6.07) is 0. The highest BCUT2D eigenvalue weighted by Crippen LogP contribution is 2.12. The third-order valence-electron chi connectivity index (χ3n) is 2.23. The zero-order valence-corrected chi connectivity index (χ0v) is 11.0. The number of hydrogen-bond acceptors (Lipinski definition) is 4. The topological polar surface area (TPSA) is 76.7 Å². The Kier molecular flexibility index (Phi) is 7.49. The zero-order valence-electron chi connectivity index (χ0n) is 11.0. The molecular formula is C11H22N2O4. The van der Waals surface area contributed by atoms with E-state index < -0.39 is 5.41 Å². The van der Waals surface area contributed by atoms with Crippen LogP contribution in [0.1, 0.15) is 13.8 Å². The van der Waals surface area contributed by atoms with Crippen LogP contribution < -0.4 is 10.6 Å². The molecule has 0 unspecified atom stereocenters. The highest BCUT2D eigenvalue weighted by atomic mass is 16.5. The lowest BCUT2D eigenvalue weighted by Crippen LogP contribution is -2.44. The Morgan fingerprint density at radius 1 is 1.24 bits per heavy atom. The van der Waals surface area contributed by atoms with Crippen molar-refractivity contribution < 1.29 is 19.1 Å². The molecule has 0 saturated carbocycles. The molecule has 2 amide bonds. The molecule has 0 spiro atoms. The van der Waals surface area contributed by atoms with E-state index >= 15 is 0 Å². The molecule has 0 radical (unpaired) electrons. The number of carbonyl (C=O) groups is 2. The van der Waals surface area contributed by atoms with Crippen LogP contribution in [0.3, 0.4) is 0 Å². The SMILES string of the molecule is CNC(=O)C(C)(C)CNC(=O)COCCOC. The number of methoxy groups -OCH3 is 1. The summed E-state index contributed by atoms with van der Waals surface area (Å²) >= 11 is 0.